The molecule has 0 atom stereocenters. The number of carbonyl (C=O) groups is 1. The predicted octanol–water partition coefficient (Wildman–Crippen LogP) is 7.85. The maximum absolute atomic E-state index is 12.9. The number of aromatic nitrogens is 5. The van der Waals surface area contributed by atoms with E-state index in [4.69, 9.17) is 0 Å². The van der Waals surface area contributed by atoms with Crippen molar-refractivity contribution in [2.75, 3.05) is 0 Å². The van der Waals surface area contributed by atoms with Crippen LogP contribution in [-0.4, -0.2) is 29.7 Å². The number of hydrogen-bond donors (Lipinski definition) is 0. The second-order valence-electron chi connectivity index (χ2n) is 7.02. The largest absolute Gasteiger partial charge is 0.306 e. The number of rotatable bonds is 4. The van der Waals surface area contributed by atoms with Crippen LogP contribution in [0.4, 0.5) is 0 Å². The Hall–Kier alpha value is -4.50. The molecule has 0 saturated heterocycles. The van der Waals surface area contributed by atoms with Gasteiger partial charge in [0.05, 0.1) is 18.7 Å². The summed E-state index contributed by atoms with van der Waals surface area (Å²) < 4.78 is 3.79. The molecule has 39 heavy (non-hydrogen) atoms. The van der Waals surface area contributed by atoms with Gasteiger partial charge < -0.3 is 4.57 Å². The van der Waals surface area contributed by atoms with E-state index in [0.717, 1.165) is 28.2 Å². The van der Waals surface area contributed by atoms with E-state index in [1.165, 1.54) is 0 Å². The molecule has 5 aromatic rings. The number of Topliss-reactive ketones (excluding diaryl/α,β-unsaturated/α-hetero) is 1. The molecular formula is C33H41N5O. The van der Waals surface area contributed by atoms with Crippen LogP contribution >= 0.6 is 0 Å². The van der Waals surface area contributed by atoms with Crippen LogP contribution in [0.25, 0.3) is 11.3 Å². The van der Waals surface area contributed by atoms with Gasteiger partial charge in [0, 0.05) is 48.0 Å². The Morgan fingerprint density at radius 1 is 0.795 bits per heavy atom. The average Bonchev–Trinajstić information content (AvgIpc) is 3.71. The first-order valence-corrected chi connectivity index (χ1v) is 13.8. The second kappa shape index (κ2) is 18.7. The number of benzene rings is 2. The van der Waals surface area contributed by atoms with Gasteiger partial charge in [0.2, 0.25) is 0 Å². The van der Waals surface area contributed by atoms with Gasteiger partial charge in [0.25, 0.3) is 0 Å². The Labute approximate surface area is 233 Å². The van der Waals surface area contributed by atoms with Crippen molar-refractivity contribution in [2.45, 2.75) is 61.8 Å². The number of carbonyl (C=O) groups excluding carboxylic acids is 1. The molecule has 0 radical (unpaired) electrons. The van der Waals surface area contributed by atoms with Crippen molar-refractivity contribution in [3.05, 3.63) is 114 Å². The molecule has 0 saturated carbocycles. The minimum absolute atomic E-state index is 0.0484. The zero-order valence-corrected chi connectivity index (χ0v) is 24.5. The molecule has 0 spiro atoms. The zero-order valence-electron chi connectivity index (χ0n) is 24.5. The highest BCUT2D eigenvalue weighted by Crippen LogP contribution is 2.14. The first kappa shape index (κ1) is 32.5. The maximum atomic E-state index is 12.9. The number of hydrogen-bond acceptors (Lipinski definition) is 4. The molecule has 6 nitrogen and oxygen atoms in total. The van der Waals surface area contributed by atoms with Crippen molar-refractivity contribution in [3.63, 3.8) is 0 Å². The third kappa shape index (κ3) is 9.39. The predicted molar refractivity (Wildman–Crippen MR) is 162 cm³/mol. The van der Waals surface area contributed by atoms with Crippen LogP contribution in [-0.2, 0) is 6.42 Å². The smallest absolute Gasteiger partial charge is 0.167 e. The molecule has 0 aliphatic carbocycles. The average molecular weight is 524 g/mol. The lowest BCUT2D eigenvalue weighted by Gasteiger charge is -2.06. The minimum atomic E-state index is 0.0484. The van der Waals surface area contributed by atoms with Crippen LogP contribution < -0.4 is 0 Å². The number of imidazole rings is 2. The maximum Gasteiger partial charge on any atom is 0.167 e. The summed E-state index contributed by atoms with van der Waals surface area (Å²) in [7, 11) is 0. The van der Waals surface area contributed by atoms with Crippen molar-refractivity contribution < 1.29 is 4.79 Å². The van der Waals surface area contributed by atoms with Crippen LogP contribution in [0.15, 0.2) is 92.0 Å². The van der Waals surface area contributed by atoms with Crippen LogP contribution in [0.2, 0.25) is 0 Å². The fourth-order valence-corrected chi connectivity index (χ4v) is 3.37. The lowest BCUT2D eigenvalue weighted by molar-refractivity contribution is 0.0993. The summed E-state index contributed by atoms with van der Waals surface area (Å²) in [5, 5.41) is 0. The molecule has 5 rings (SSSR count). The summed E-state index contributed by atoms with van der Waals surface area (Å²) in [6.45, 7) is 16.0. The first-order valence-electron chi connectivity index (χ1n) is 13.8. The zero-order chi connectivity index (χ0) is 29.0. The van der Waals surface area contributed by atoms with Crippen molar-refractivity contribution in [1.29, 1.82) is 0 Å². The molecule has 0 fully saturated rings. The van der Waals surface area contributed by atoms with Gasteiger partial charge in [-0.3, -0.25) is 14.2 Å². The monoisotopic (exact) mass is 523 g/mol. The molecule has 3 aromatic heterocycles. The van der Waals surface area contributed by atoms with Gasteiger partial charge >= 0.3 is 0 Å². The van der Waals surface area contributed by atoms with Gasteiger partial charge in [0.15, 0.2) is 11.4 Å². The van der Waals surface area contributed by atoms with Gasteiger partial charge in [-0.05, 0) is 35.7 Å². The molecule has 3 heterocycles. The van der Waals surface area contributed by atoms with E-state index in [2.05, 4.69) is 26.8 Å². The van der Waals surface area contributed by atoms with Crippen LogP contribution in [0.1, 0.15) is 82.6 Å². The molecule has 0 N–H and O–H groups in total. The molecule has 0 aliphatic heterocycles. The highest BCUT2D eigenvalue weighted by atomic mass is 16.1. The lowest BCUT2D eigenvalue weighted by Crippen LogP contribution is -2.04. The van der Waals surface area contributed by atoms with Gasteiger partial charge in [-0.2, -0.15) is 0 Å². The molecule has 6 heteroatoms. The van der Waals surface area contributed by atoms with Crippen LogP contribution in [0.5, 0.6) is 0 Å². The van der Waals surface area contributed by atoms with Crippen molar-refractivity contribution >= 4 is 11.4 Å². The quantitative estimate of drug-likeness (QED) is 0.178. The molecule has 0 amide bonds. The summed E-state index contributed by atoms with van der Waals surface area (Å²) in [5.74, 6) is 6.31. The van der Waals surface area contributed by atoms with Crippen molar-refractivity contribution in [1.82, 2.24) is 23.9 Å². The third-order valence-electron chi connectivity index (χ3n) is 4.91. The van der Waals surface area contributed by atoms with E-state index in [1.54, 1.807) is 31.1 Å². The molecule has 0 bridgehead atoms. The molecule has 204 valence electrons. The highest BCUT2D eigenvalue weighted by Gasteiger charge is 2.09. The molecular weight excluding hydrogens is 482 g/mol. The van der Waals surface area contributed by atoms with Crippen molar-refractivity contribution in [2.24, 2.45) is 0 Å². The Bertz CT molecular complexity index is 1440. The van der Waals surface area contributed by atoms with E-state index in [0.29, 0.717) is 12.0 Å². The highest BCUT2D eigenvalue weighted by molar-refractivity contribution is 5.97. The first-order chi connectivity index (χ1) is 19.3. The third-order valence-corrected chi connectivity index (χ3v) is 4.91. The van der Waals surface area contributed by atoms with Crippen LogP contribution in [0, 0.1) is 11.8 Å². The standard InChI is InChI=1S/C25H17N5O.4C2H6/c31-24(15-20-4-2-6-22(14-20)29-11-9-27-18-29)21-5-1-3-19(13-21)7-8-23-16-28-25-17-26-10-12-30(23)25;4*1-2/h1-6,9-14,16-18H,15H2;4*1-2H3. The van der Waals surface area contributed by atoms with E-state index in [1.807, 2.05) is 125 Å². The fourth-order valence-electron chi connectivity index (χ4n) is 3.37. The molecule has 0 aliphatic rings. The number of nitrogens with zero attached hydrogens (tertiary/aromatic N) is 5. The van der Waals surface area contributed by atoms with Gasteiger partial charge in [-0.25, -0.2) is 9.97 Å². The summed E-state index contributed by atoms with van der Waals surface area (Å²) in [6.07, 6.45) is 12.6. The lowest BCUT2D eigenvalue weighted by atomic mass is 10.0. The second-order valence-corrected chi connectivity index (χ2v) is 7.02. The summed E-state index contributed by atoms with van der Waals surface area (Å²) in [4.78, 5) is 25.3. The Kier molecular flexibility index (Phi) is 15.6. The van der Waals surface area contributed by atoms with E-state index >= 15 is 0 Å². The van der Waals surface area contributed by atoms with Crippen LogP contribution in [0.3, 0.4) is 0 Å². The van der Waals surface area contributed by atoms with Gasteiger partial charge in [0.1, 0.15) is 5.69 Å². The Morgan fingerprint density at radius 3 is 2.23 bits per heavy atom. The molecule has 0 unspecified atom stereocenters. The van der Waals surface area contributed by atoms with Gasteiger partial charge in [-0.1, -0.05) is 85.6 Å². The van der Waals surface area contributed by atoms with Gasteiger partial charge in [-0.15, -0.1) is 0 Å². The SMILES string of the molecule is CC.CC.CC.CC.O=C(Cc1cccc(-n2ccnc2)c1)c1cccc(C#Cc2cnc3cnccn23)c1. The van der Waals surface area contributed by atoms with E-state index in [9.17, 15) is 4.79 Å². The molecule has 2 aromatic carbocycles. The summed E-state index contributed by atoms with van der Waals surface area (Å²) in [5.41, 5.74) is 4.86. The number of ketones is 1. The Morgan fingerprint density at radius 2 is 1.51 bits per heavy atom. The summed E-state index contributed by atoms with van der Waals surface area (Å²) in [6, 6.07) is 15.3. The normalized spacial score (nSPS) is 9.03. The number of fused-ring (bicyclic) bond motifs is 1. The van der Waals surface area contributed by atoms with E-state index < -0.39 is 0 Å². The topological polar surface area (TPSA) is 65.1 Å². The Balaban J connectivity index is 0.000000874. The van der Waals surface area contributed by atoms with E-state index in [-0.39, 0.29) is 5.78 Å². The van der Waals surface area contributed by atoms with Crippen molar-refractivity contribution in [3.8, 4) is 17.5 Å². The minimum Gasteiger partial charge on any atom is -0.306 e. The fraction of sp³-hybridized carbons (Fsp3) is 0.273. The summed E-state index contributed by atoms with van der Waals surface area (Å²) >= 11 is 0.